The van der Waals surface area contributed by atoms with Crippen molar-refractivity contribution in [3.05, 3.63) is 38.9 Å². The minimum absolute atomic E-state index is 0.0699. The van der Waals surface area contributed by atoms with Crippen molar-refractivity contribution in [1.82, 2.24) is 9.97 Å². The molecule has 94 valence electrons. The molecule has 1 aromatic carbocycles. The van der Waals surface area contributed by atoms with Crippen molar-refractivity contribution >= 4 is 26.8 Å². The molecule has 0 radical (unpaired) electrons. The van der Waals surface area contributed by atoms with Gasteiger partial charge in [0.25, 0.3) is 5.56 Å². The van der Waals surface area contributed by atoms with Crippen LogP contribution in [0.4, 0.5) is 0 Å². The van der Waals surface area contributed by atoms with Crippen LogP contribution in [0, 0.1) is 0 Å². The number of nitrogens with zero attached hydrogens (tertiary/aromatic N) is 1. The Morgan fingerprint density at radius 3 is 3.06 bits per heavy atom. The Labute approximate surface area is 113 Å². The van der Waals surface area contributed by atoms with Crippen molar-refractivity contribution in [2.24, 2.45) is 0 Å². The third kappa shape index (κ3) is 2.20. The quantitative estimate of drug-likeness (QED) is 0.881. The van der Waals surface area contributed by atoms with Crippen molar-refractivity contribution in [3.63, 3.8) is 0 Å². The highest BCUT2D eigenvalue weighted by atomic mass is 79.9. The van der Waals surface area contributed by atoms with Gasteiger partial charge in [-0.2, -0.15) is 0 Å². The van der Waals surface area contributed by atoms with Crippen LogP contribution in [0.15, 0.2) is 27.5 Å². The maximum Gasteiger partial charge on any atom is 0.258 e. The Kier molecular flexibility index (Phi) is 3.18. The van der Waals surface area contributed by atoms with Crippen molar-refractivity contribution in [3.8, 4) is 0 Å². The van der Waals surface area contributed by atoms with E-state index in [0.29, 0.717) is 16.7 Å². The van der Waals surface area contributed by atoms with Crippen LogP contribution in [0.25, 0.3) is 10.9 Å². The summed E-state index contributed by atoms with van der Waals surface area (Å²) in [6.45, 7) is 0.743. The third-order valence-corrected chi connectivity index (χ3v) is 3.66. The number of aromatic nitrogens is 2. The lowest BCUT2D eigenvalue weighted by atomic mass is 10.1. The molecule has 3 rings (SSSR count). The average Bonchev–Trinajstić information content (AvgIpc) is 2.40. The van der Waals surface area contributed by atoms with Crippen molar-refractivity contribution in [2.75, 3.05) is 6.61 Å². The number of H-pyrrole nitrogens is 1. The second-order valence-electron chi connectivity index (χ2n) is 4.47. The molecule has 1 unspecified atom stereocenters. The zero-order valence-electron chi connectivity index (χ0n) is 9.78. The first kappa shape index (κ1) is 11.9. The SMILES string of the molecule is O=c1[nH]c(C2CCCCO2)nc2ccc(Br)cc12. The second-order valence-corrected chi connectivity index (χ2v) is 5.38. The number of rotatable bonds is 1. The van der Waals surface area contributed by atoms with E-state index in [2.05, 4.69) is 25.9 Å². The summed E-state index contributed by atoms with van der Waals surface area (Å²) < 4.78 is 6.53. The number of hydrogen-bond donors (Lipinski definition) is 1. The summed E-state index contributed by atoms with van der Waals surface area (Å²) in [6.07, 6.45) is 3.05. The molecule has 0 amide bonds. The van der Waals surface area contributed by atoms with Gasteiger partial charge >= 0.3 is 0 Å². The van der Waals surface area contributed by atoms with Gasteiger partial charge in [0.05, 0.1) is 10.9 Å². The topological polar surface area (TPSA) is 55.0 Å². The number of ether oxygens (including phenoxy) is 1. The van der Waals surface area contributed by atoms with Gasteiger partial charge in [-0.05, 0) is 37.5 Å². The van der Waals surface area contributed by atoms with Gasteiger partial charge in [-0.15, -0.1) is 0 Å². The molecule has 0 aliphatic carbocycles. The zero-order valence-corrected chi connectivity index (χ0v) is 11.4. The molecule has 2 heterocycles. The van der Waals surface area contributed by atoms with Crippen LogP contribution in [0.3, 0.4) is 0 Å². The molecule has 2 aromatic rings. The van der Waals surface area contributed by atoms with Gasteiger partial charge in [0.15, 0.2) is 0 Å². The third-order valence-electron chi connectivity index (χ3n) is 3.17. The van der Waals surface area contributed by atoms with E-state index in [4.69, 9.17) is 4.74 Å². The van der Waals surface area contributed by atoms with E-state index in [9.17, 15) is 4.79 Å². The number of nitrogens with one attached hydrogen (secondary N) is 1. The molecule has 5 heteroatoms. The normalized spacial score (nSPS) is 20.2. The van der Waals surface area contributed by atoms with Crippen LogP contribution in [-0.2, 0) is 4.74 Å². The van der Waals surface area contributed by atoms with E-state index >= 15 is 0 Å². The number of benzene rings is 1. The molecule has 1 aliphatic rings. The summed E-state index contributed by atoms with van der Waals surface area (Å²) >= 11 is 3.36. The molecule has 0 spiro atoms. The summed E-state index contributed by atoms with van der Waals surface area (Å²) in [4.78, 5) is 19.4. The highest BCUT2D eigenvalue weighted by Gasteiger charge is 2.19. The Hall–Kier alpha value is -1.20. The van der Waals surface area contributed by atoms with Crippen molar-refractivity contribution in [1.29, 1.82) is 0 Å². The average molecular weight is 309 g/mol. The fourth-order valence-electron chi connectivity index (χ4n) is 2.24. The predicted octanol–water partition coefficient (Wildman–Crippen LogP) is 2.93. The number of halogens is 1. The van der Waals surface area contributed by atoms with Crippen LogP contribution in [-0.4, -0.2) is 16.6 Å². The molecular formula is C13H13BrN2O2. The molecule has 1 fully saturated rings. The molecule has 0 bridgehead atoms. The Bertz CT molecular complexity index is 632. The van der Waals surface area contributed by atoms with Crippen LogP contribution < -0.4 is 5.56 Å². The van der Waals surface area contributed by atoms with Crippen LogP contribution in [0.1, 0.15) is 31.2 Å². The summed E-state index contributed by atoms with van der Waals surface area (Å²) in [6, 6.07) is 5.52. The van der Waals surface area contributed by atoms with Gasteiger partial charge in [-0.1, -0.05) is 15.9 Å². The van der Waals surface area contributed by atoms with Crippen LogP contribution in [0.2, 0.25) is 0 Å². The minimum Gasteiger partial charge on any atom is -0.370 e. The first-order valence-corrected chi connectivity index (χ1v) is 6.84. The van der Waals surface area contributed by atoms with E-state index in [-0.39, 0.29) is 11.7 Å². The molecule has 18 heavy (non-hydrogen) atoms. The minimum atomic E-state index is -0.106. The molecular weight excluding hydrogens is 296 g/mol. The lowest BCUT2D eigenvalue weighted by molar-refractivity contribution is 0.00953. The van der Waals surface area contributed by atoms with Gasteiger partial charge in [0.1, 0.15) is 11.9 Å². The summed E-state index contributed by atoms with van der Waals surface area (Å²) in [7, 11) is 0. The molecule has 1 N–H and O–H groups in total. The lowest BCUT2D eigenvalue weighted by Crippen LogP contribution is -2.19. The number of aromatic amines is 1. The fraction of sp³-hybridized carbons (Fsp3) is 0.385. The molecule has 1 aliphatic heterocycles. The molecule has 0 saturated carbocycles. The fourth-order valence-corrected chi connectivity index (χ4v) is 2.60. The van der Waals surface area contributed by atoms with Gasteiger partial charge in [-0.3, -0.25) is 4.79 Å². The van der Waals surface area contributed by atoms with E-state index < -0.39 is 0 Å². The van der Waals surface area contributed by atoms with E-state index in [1.165, 1.54) is 0 Å². The lowest BCUT2D eigenvalue weighted by Gasteiger charge is -2.21. The van der Waals surface area contributed by atoms with Gasteiger partial charge in [0, 0.05) is 11.1 Å². The van der Waals surface area contributed by atoms with E-state index in [0.717, 1.165) is 30.3 Å². The van der Waals surface area contributed by atoms with E-state index in [1.54, 1.807) is 6.07 Å². The zero-order chi connectivity index (χ0) is 12.5. The van der Waals surface area contributed by atoms with Gasteiger partial charge < -0.3 is 9.72 Å². The standard InChI is InChI=1S/C13H13BrN2O2/c14-8-4-5-10-9(7-8)13(17)16-12(15-10)11-3-1-2-6-18-11/h4-5,7,11H,1-3,6H2,(H,15,16,17). The van der Waals surface area contributed by atoms with Gasteiger partial charge in [0.2, 0.25) is 0 Å². The van der Waals surface area contributed by atoms with Crippen LogP contribution in [0.5, 0.6) is 0 Å². The summed E-state index contributed by atoms with van der Waals surface area (Å²) in [5, 5.41) is 0.601. The van der Waals surface area contributed by atoms with Crippen molar-refractivity contribution < 1.29 is 4.74 Å². The first-order valence-electron chi connectivity index (χ1n) is 6.05. The van der Waals surface area contributed by atoms with Crippen LogP contribution >= 0.6 is 15.9 Å². The Morgan fingerprint density at radius 1 is 1.39 bits per heavy atom. The Morgan fingerprint density at radius 2 is 2.28 bits per heavy atom. The van der Waals surface area contributed by atoms with E-state index in [1.807, 2.05) is 12.1 Å². The maximum absolute atomic E-state index is 12.0. The highest BCUT2D eigenvalue weighted by molar-refractivity contribution is 9.10. The predicted molar refractivity (Wildman–Crippen MR) is 72.6 cm³/mol. The molecule has 1 atom stereocenters. The largest absolute Gasteiger partial charge is 0.370 e. The number of fused-ring (bicyclic) bond motifs is 1. The molecule has 1 saturated heterocycles. The summed E-state index contributed by atoms with van der Waals surface area (Å²) in [5.41, 5.74) is 0.608. The first-order chi connectivity index (χ1) is 8.74. The highest BCUT2D eigenvalue weighted by Crippen LogP contribution is 2.25. The van der Waals surface area contributed by atoms with Gasteiger partial charge in [-0.25, -0.2) is 4.98 Å². The Balaban J connectivity index is 2.09. The molecule has 1 aromatic heterocycles. The number of hydrogen-bond acceptors (Lipinski definition) is 3. The second kappa shape index (κ2) is 4.82. The monoisotopic (exact) mass is 308 g/mol. The maximum atomic E-state index is 12.0. The summed E-state index contributed by atoms with van der Waals surface area (Å²) in [5.74, 6) is 0.648. The molecule has 4 nitrogen and oxygen atoms in total. The van der Waals surface area contributed by atoms with Crippen molar-refractivity contribution in [2.45, 2.75) is 25.4 Å². The smallest absolute Gasteiger partial charge is 0.258 e.